The van der Waals surface area contributed by atoms with Crippen LogP contribution in [0.25, 0.3) is 0 Å². The van der Waals surface area contributed by atoms with Gasteiger partial charge in [-0.1, -0.05) is 40.2 Å². The third-order valence-corrected chi connectivity index (χ3v) is 3.83. The summed E-state index contributed by atoms with van der Waals surface area (Å²) in [5.41, 5.74) is 7.30. The maximum atomic E-state index is 13.7. The fraction of sp³-hybridized carbons (Fsp3) is 0.200. The molecule has 2 aromatic rings. The molecule has 0 spiro atoms. The SMILES string of the molecule is NCC(Cc1ccc(F)cc1F)c1ccccc1Br. The van der Waals surface area contributed by atoms with E-state index in [0.29, 0.717) is 18.5 Å². The van der Waals surface area contributed by atoms with Crippen LogP contribution in [-0.2, 0) is 6.42 Å². The zero-order valence-electron chi connectivity index (χ0n) is 10.2. The summed E-state index contributed by atoms with van der Waals surface area (Å²) in [7, 11) is 0. The molecule has 0 heterocycles. The van der Waals surface area contributed by atoms with Gasteiger partial charge < -0.3 is 5.73 Å². The number of benzene rings is 2. The molecule has 100 valence electrons. The number of hydrogen-bond donors (Lipinski definition) is 1. The summed E-state index contributed by atoms with van der Waals surface area (Å²) in [5, 5.41) is 0. The van der Waals surface area contributed by atoms with Crippen LogP contribution in [0.1, 0.15) is 17.0 Å². The van der Waals surface area contributed by atoms with Gasteiger partial charge in [0.1, 0.15) is 11.6 Å². The van der Waals surface area contributed by atoms with E-state index in [1.54, 1.807) is 0 Å². The van der Waals surface area contributed by atoms with E-state index in [1.807, 2.05) is 24.3 Å². The standard InChI is InChI=1S/C15H14BrF2N/c16-14-4-2-1-3-13(14)11(9-19)7-10-5-6-12(17)8-15(10)18/h1-6,8,11H,7,9,19H2. The van der Waals surface area contributed by atoms with E-state index >= 15 is 0 Å². The van der Waals surface area contributed by atoms with E-state index in [2.05, 4.69) is 15.9 Å². The van der Waals surface area contributed by atoms with E-state index in [0.717, 1.165) is 16.1 Å². The van der Waals surface area contributed by atoms with E-state index < -0.39 is 11.6 Å². The summed E-state index contributed by atoms with van der Waals surface area (Å²) in [6.07, 6.45) is 0.450. The lowest BCUT2D eigenvalue weighted by atomic mass is 9.92. The minimum atomic E-state index is -0.563. The maximum absolute atomic E-state index is 13.7. The molecule has 1 unspecified atom stereocenters. The Kier molecular flexibility index (Phi) is 4.66. The van der Waals surface area contributed by atoms with Gasteiger partial charge in [-0.2, -0.15) is 0 Å². The Labute approximate surface area is 119 Å². The fourth-order valence-electron chi connectivity index (χ4n) is 2.08. The fourth-order valence-corrected chi connectivity index (χ4v) is 2.69. The van der Waals surface area contributed by atoms with Gasteiger partial charge in [-0.05, 0) is 36.2 Å². The Morgan fingerprint density at radius 1 is 1.11 bits per heavy atom. The Morgan fingerprint density at radius 2 is 1.84 bits per heavy atom. The Morgan fingerprint density at radius 3 is 2.47 bits per heavy atom. The van der Waals surface area contributed by atoms with E-state index in [-0.39, 0.29) is 5.92 Å². The van der Waals surface area contributed by atoms with Gasteiger partial charge in [-0.15, -0.1) is 0 Å². The van der Waals surface area contributed by atoms with Crippen molar-refractivity contribution in [2.75, 3.05) is 6.54 Å². The van der Waals surface area contributed by atoms with Crippen molar-refractivity contribution >= 4 is 15.9 Å². The second kappa shape index (κ2) is 6.26. The first-order valence-corrected chi connectivity index (χ1v) is 6.79. The summed E-state index contributed by atoms with van der Waals surface area (Å²) >= 11 is 3.47. The van der Waals surface area contributed by atoms with Crippen LogP contribution in [0.4, 0.5) is 8.78 Å². The van der Waals surface area contributed by atoms with Crippen molar-refractivity contribution < 1.29 is 8.78 Å². The topological polar surface area (TPSA) is 26.0 Å². The lowest BCUT2D eigenvalue weighted by molar-refractivity contribution is 0.561. The first-order valence-electron chi connectivity index (χ1n) is 6.00. The summed E-state index contributed by atoms with van der Waals surface area (Å²) in [6, 6.07) is 11.4. The van der Waals surface area contributed by atoms with Gasteiger partial charge in [0.2, 0.25) is 0 Å². The van der Waals surface area contributed by atoms with E-state index in [9.17, 15) is 8.78 Å². The maximum Gasteiger partial charge on any atom is 0.129 e. The molecule has 1 nitrogen and oxygen atoms in total. The lowest BCUT2D eigenvalue weighted by Gasteiger charge is -2.17. The Hall–Kier alpha value is -1.26. The predicted molar refractivity (Wildman–Crippen MR) is 76.0 cm³/mol. The van der Waals surface area contributed by atoms with Crippen LogP contribution in [0.3, 0.4) is 0 Å². The van der Waals surface area contributed by atoms with Gasteiger partial charge in [0.15, 0.2) is 0 Å². The van der Waals surface area contributed by atoms with Crippen LogP contribution in [0.2, 0.25) is 0 Å². The van der Waals surface area contributed by atoms with E-state index in [1.165, 1.54) is 12.1 Å². The van der Waals surface area contributed by atoms with E-state index in [4.69, 9.17) is 5.73 Å². The van der Waals surface area contributed by atoms with Crippen LogP contribution in [0, 0.1) is 11.6 Å². The molecule has 0 bridgehead atoms. The zero-order chi connectivity index (χ0) is 13.8. The molecule has 0 aliphatic rings. The Balaban J connectivity index is 2.27. The normalized spacial score (nSPS) is 12.4. The first kappa shape index (κ1) is 14.2. The average molecular weight is 326 g/mol. The molecule has 0 fully saturated rings. The molecule has 0 aromatic heterocycles. The van der Waals surface area contributed by atoms with Crippen molar-refractivity contribution in [2.45, 2.75) is 12.3 Å². The van der Waals surface area contributed by atoms with Crippen molar-refractivity contribution in [3.8, 4) is 0 Å². The number of nitrogens with two attached hydrogens (primary N) is 1. The third kappa shape index (κ3) is 3.39. The summed E-state index contributed by atoms with van der Waals surface area (Å²) in [6.45, 7) is 0.402. The molecule has 1 atom stereocenters. The molecule has 0 aliphatic heterocycles. The smallest absolute Gasteiger partial charge is 0.129 e. The van der Waals surface area contributed by atoms with Crippen LogP contribution in [0.5, 0.6) is 0 Å². The summed E-state index contributed by atoms with van der Waals surface area (Å²) in [5.74, 6) is -1.09. The van der Waals surface area contributed by atoms with Crippen molar-refractivity contribution in [1.29, 1.82) is 0 Å². The quantitative estimate of drug-likeness (QED) is 0.903. The first-order chi connectivity index (χ1) is 9.11. The van der Waals surface area contributed by atoms with Gasteiger partial charge in [0.25, 0.3) is 0 Å². The molecular formula is C15H14BrF2N. The molecule has 0 saturated carbocycles. The molecule has 0 amide bonds. The van der Waals surface area contributed by atoms with Crippen molar-refractivity contribution in [1.82, 2.24) is 0 Å². The molecular weight excluding hydrogens is 312 g/mol. The van der Waals surface area contributed by atoms with Crippen molar-refractivity contribution in [3.63, 3.8) is 0 Å². The summed E-state index contributed by atoms with van der Waals surface area (Å²) < 4.78 is 27.5. The van der Waals surface area contributed by atoms with Gasteiger partial charge in [0, 0.05) is 16.5 Å². The molecule has 0 radical (unpaired) electrons. The molecule has 0 aliphatic carbocycles. The second-order valence-corrected chi connectivity index (χ2v) is 5.25. The molecule has 19 heavy (non-hydrogen) atoms. The van der Waals surface area contributed by atoms with Crippen molar-refractivity contribution in [3.05, 3.63) is 69.7 Å². The molecule has 0 saturated heterocycles. The average Bonchev–Trinajstić information content (AvgIpc) is 2.39. The van der Waals surface area contributed by atoms with Crippen molar-refractivity contribution in [2.24, 2.45) is 5.73 Å². The second-order valence-electron chi connectivity index (χ2n) is 4.39. The number of halogens is 3. The number of hydrogen-bond acceptors (Lipinski definition) is 1. The van der Waals surface area contributed by atoms with Crippen LogP contribution >= 0.6 is 15.9 Å². The van der Waals surface area contributed by atoms with Gasteiger partial charge in [-0.3, -0.25) is 0 Å². The minimum Gasteiger partial charge on any atom is -0.330 e. The summed E-state index contributed by atoms with van der Waals surface area (Å²) in [4.78, 5) is 0. The zero-order valence-corrected chi connectivity index (χ0v) is 11.8. The van der Waals surface area contributed by atoms with Gasteiger partial charge in [-0.25, -0.2) is 8.78 Å². The highest BCUT2D eigenvalue weighted by Crippen LogP contribution is 2.28. The Bertz CT molecular complexity index is 572. The van der Waals surface area contributed by atoms with Crippen LogP contribution < -0.4 is 5.73 Å². The monoisotopic (exact) mass is 325 g/mol. The van der Waals surface area contributed by atoms with Gasteiger partial charge in [0.05, 0.1) is 0 Å². The highest BCUT2D eigenvalue weighted by Gasteiger charge is 2.15. The highest BCUT2D eigenvalue weighted by molar-refractivity contribution is 9.10. The van der Waals surface area contributed by atoms with Crippen LogP contribution in [0.15, 0.2) is 46.9 Å². The molecule has 2 N–H and O–H groups in total. The van der Waals surface area contributed by atoms with Gasteiger partial charge >= 0.3 is 0 Å². The molecule has 2 aromatic carbocycles. The molecule has 4 heteroatoms. The largest absolute Gasteiger partial charge is 0.330 e. The molecule has 2 rings (SSSR count). The highest BCUT2D eigenvalue weighted by atomic mass is 79.9. The third-order valence-electron chi connectivity index (χ3n) is 3.11. The minimum absolute atomic E-state index is 0.00413. The lowest BCUT2D eigenvalue weighted by Crippen LogP contribution is -2.16. The predicted octanol–water partition coefficient (Wildman–Crippen LogP) is 4.01. The van der Waals surface area contributed by atoms with Crippen LogP contribution in [-0.4, -0.2) is 6.54 Å². The number of rotatable bonds is 4.